The second kappa shape index (κ2) is 5.75. The summed E-state index contributed by atoms with van der Waals surface area (Å²) in [7, 11) is 0. The summed E-state index contributed by atoms with van der Waals surface area (Å²) >= 11 is 0. The van der Waals surface area contributed by atoms with E-state index in [9.17, 15) is 14.7 Å². The van der Waals surface area contributed by atoms with Gasteiger partial charge in [-0.15, -0.1) is 0 Å². The fraction of sp³-hybridized carbons (Fsp3) is 0.800. The van der Waals surface area contributed by atoms with Crippen LogP contribution in [-0.2, 0) is 9.59 Å². The van der Waals surface area contributed by atoms with Crippen molar-refractivity contribution in [1.29, 1.82) is 0 Å². The van der Waals surface area contributed by atoms with Crippen LogP contribution in [0.1, 0.15) is 33.6 Å². The minimum atomic E-state index is -1.03. The Morgan fingerprint density at radius 1 is 1.29 bits per heavy atom. The van der Waals surface area contributed by atoms with Crippen molar-refractivity contribution < 1.29 is 19.8 Å². The molecule has 2 unspecified atom stereocenters. The zero-order valence-electron chi connectivity index (χ0n) is 8.86. The molecular weight excluding hydrogens is 184 g/mol. The molecule has 0 fully saturated rings. The molecule has 0 rings (SSSR count). The number of rotatable bonds is 6. The summed E-state index contributed by atoms with van der Waals surface area (Å²) in [5, 5.41) is 18.4. The average molecular weight is 202 g/mol. The Bertz CT molecular complexity index is 210. The smallest absolute Gasteiger partial charge is 0.309 e. The average Bonchev–Trinajstić information content (AvgIpc) is 2.02. The lowest BCUT2D eigenvalue weighted by Crippen LogP contribution is -2.32. The SMILES string of the molecule is CC(=O)CCC(C(=O)O)C(O)C(C)C. The predicted molar refractivity (Wildman–Crippen MR) is 51.9 cm³/mol. The molecule has 14 heavy (non-hydrogen) atoms. The Morgan fingerprint density at radius 2 is 1.79 bits per heavy atom. The van der Waals surface area contributed by atoms with Gasteiger partial charge in [0.2, 0.25) is 0 Å². The van der Waals surface area contributed by atoms with Crippen molar-refractivity contribution in [2.45, 2.75) is 39.7 Å². The molecule has 4 nitrogen and oxygen atoms in total. The Balaban J connectivity index is 4.29. The fourth-order valence-corrected chi connectivity index (χ4v) is 1.26. The zero-order valence-corrected chi connectivity index (χ0v) is 8.86. The number of Topliss-reactive ketones (excluding diaryl/α,β-unsaturated/α-hetero) is 1. The first-order valence-corrected chi connectivity index (χ1v) is 4.76. The number of carbonyl (C=O) groups is 2. The van der Waals surface area contributed by atoms with E-state index in [2.05, 4.69) is 0 Å². The van der Waals surface area contributed by atoms with Crippen molar-refractivity contribution in [3.63, 3.8) is 0 Å². The van der Waals surface area contributed by atoms with E-state index in [1.54, 1.807) is 13.8 Å². The number of aliphatic hydroxyl groups excluding tert-OH is 1. The third kappa shape index (κ3) is 4.37. The zero-order chi connectivity index (χ0) is 11.3. The monoisotopic (exact) mass is 202 g/mol. The molecule has 0 heterocycles. The first-order valence-electron chi connectivity index (χ1n) is 4.76. The summed E-state index contributed by atoms with van der Waals surface area (Å²) in [5.41, 5.74) is 0. The van der Waals surface area contributed by atoms with Gasteiger partial charge in [0.15, 0.2) is 0 Å². The minimum absolute atomic E-state index is 0.0489. The molecule has 4 heteroatoms. The molecule has 0 aromatic heterocycles. The maximum Gasteiger partial charge on any atom is 0.309 e. The van der Waals surface area contributed by atoms with Gasteiger partial charge in [0, 0.05) is 6.42 Å². The van der Waals surface area contributed by atoms with Crippen LogP contribution in [0.5, 0.6) is 0 Å². The molecule has 0 amide bonds. The third-order valence-corrected chi connectivity index (χ3v) is 2.22. The summed E-state index contributed by atoms with van der Waals surface area (Å²) in [6.45, 7) is 4.93. The van der Waals surface area contributed by atoms with E-state index in [0.29, 0.717) is 0 Å². The standard InChI is InChI=1S/C10H18O4/c1-6(2)9(12)8(10(13)14)5-4-7(3)11/h6,8-9,12H,4-5H2,1-3H3,(H,13,14). The highest BCUT2D eigenvalue weighted by molar-refractivity contribution is 5.77. The summed E-state index contributed by atoms with van der Waals surface area (Å²) in [6.07, 6.45) is -0.461. The molecule has 2 N–H and O–H groups in total. The first-order chi connectivity index (χ1) is 6.36. The summed E-state index contributed by atoms with van der Waals surface area (Å²) in [6, 6.07) is 0. The van der Waals surface area contributed by atoms with Crippen molar-refractivity contribution in [2.24, 2.45) is 11.8 Å². The van der Waals surface area contributed by atoms with Crippen molar-refractivity contribution >= 4 is 11.8 Å². The number of ketones is 1. The van der Waals surface area contributed by atoms with Gasteiger partial charge in [-0.3, -0.25) is 4.79 Å². The predicted octanol–water partition coefficient (Wildman–Crippen LogP) is 1.07. The highest BCUT2D eigenvalue weighted by atomic mass is 16.4. The van der Waals surface area contributed by atoms with E-state index < -0.39 is 18.0 Å². The van der Waals surface area contributed by atoms with Crippen LogP contribution in [0.25, 0.3) is 0 Å². The molecule has 0 bridgehead atoms. The molecule has 0 aromatic carbocycles. The van der Waals surface area contributed by atoms with Crippen molar-refractivity contribution in [1.82, 2.24) is 0 Å². The van der Waals surface area contributed by atoms with Crippen molar-refractivity contribution in [2.75, 3.05) is 0 Å². The summed E-state index contributed by atoms with van der Waals surface area (Å²) in [5.74, 6) is -2.03. The number of carboxylic acid groups (broad SMARTS) is 1. The number of aliphatic carboxylic acids is 1. The van der Waals surface area contributed by atoms with E-state index in [-0.39, 0.29) is 24.5 Å². The second-order valence-corrected chi connectivity index (χ2v) is 3.92. The third-order valence-electron chi connectivity index (χ3n) is 2.22. The Morgan fingerprint density at radius 3 is 2.07 bits per heavy atom. The van der Waals surface area contributed by atoms with Gasteiger partial charge >= 0.3 is 5.97 Å². The minimum Gasteiger partial charge on any atom is -0.481 e. The van der Waals surface area contributed by atoms with Crippen LogP contribution in [0.2, 0.25) is 0 Å². The van der Waals surface area contributed by atoms with Crippen LogP contribution in [-0.4, -0.2) is 28.1 Å². The maximum atomic E-state index is 10.8. The lowest BCUT2D eigenvalue weighted by Gasteiger charge is -2.21. The lowest BCUT2D eigenvalue weighted by atomic mass is 9.89. The molecule has 0 saturated carbocycles. The van der Waals surface area contributed by atoms with Crippen molar-refractivity contribution in [3.05, 3.63) is 0 Å². The lowest BCUT2D eigenvalue weighted by molar-refractivity contribution is -0.147. The van der Waals surface area contributed by atoms with Gasteiger partial charge in [-0.1, -0.05) is 13.8 Å². The van der Waals surface area contributed by atoms with Crippen molar-refractivity contribution in [3.8, 4) is 0 Å². The molecule has 0 radical (unpaired) electrons. The maximum absolute atomic E-state index is 10.8. The van der Waals surface area contributed by atoms with E-state index in [1.807, 2.05) is 0 Å². The van der Waals surface area contributed by atoms with Crippen LogP contribution >= 0.6 is 0 Å². The second-order valence-electron chi connectivity index (χ2n) is 3.92. The van der Waals surface area contributed by atoms with Gasteiger partial charge in [0.05, 0.1) is 12.0 Å². The summed E-state index contributed by atoms with van der Waals surface area (Å²) in [4.78, 5) is 21.5. The molecule has 0 saturated heterocycles. The molecule has 0 spiro atoms. The Labute approximate surface area is 83.9 Å². The molecular formula is C10H18O4. The summed E-state index contributed by atoms with van der Waals surface area (Å²) < 4.78 is 0. The van der Waals surface area contributed by atoms with Crippen LogP contribution in [0.3, 0.4) is 0 Å². The number of hydrogen-bond donors (Lipinski definition) is 2. The van der Waals surface area contributed by atoms with Gasteiger partial charge in [0.1, 0.15) is 5.78 Å². The van der Waals surface area contributed by atoms with E-state index in [1.165, 1.54) is 6.92 Å². The van der Waals surface area contributed by atoms with Gasteiger partial charge in [0.25, 0.3) is 0 Å². The number of hydrogen-bond acceptors (Lipinski definition) is 3. The number of carboxylic acids is 1. The highest BCUT2D eigenvalue weighted by Crippen LogP contribution is 2.18. The van der Waals surface area contributed by atoms with Gasteiger partial charge in [-0.2, -0.15) is 0 Å². The van der Waals surface area contributed by atoms with E-state index in [0.717, 1.165) is 0 Å². The van der Waals surface area contributed by atoms with Gasteiger partial charge in [-0.25, -0.2) is 0 Å². The van der Waals surface area contributed by atoms with Crippen LogP contribution in [0, 0.1) is 11.8 Å². The van der Waals surface area contributed by atoms with E-state index in [4.69, 9.17) is 5.11 Å². The topological polar surface area (TPSA) is 74.6 Å². The molecule has 0 aliphatic heterocycles. The molecule has 0 aliphatic carbocycles. The van der Waals surface area contributed by atoms with Gasteiger partial charge < -0.3 is 15.0 Å². The molecule has 0 aliphatic rings. The van der Waals surface area contributed by atoms with Crippen LogP contribution in [0.4, 0.5) is 0 Å². The quantitative estimate of drug-likeness (QED) is 0.675. The Hall–Kier alpha value is -0.900. The van der Waals surface area contributed by atoms with Gasteiger partial charge in [-0.05, 0) is 19.3 Å². The first kappa shape index (κ1) is 13.1. The molecule has 82 valence electrons. The normalized spacial score (nSPS) is 15.2. The number of aliphatic hydroxyl groups is 1. The fourth-order valence-electron chi connectivity index (χ4n) is 1.26. The molecule has 0 aromatic rings. The van der Waals surface area contributed by atoms with Crippen LogP contribution in [0.15, 0.2) is 0 Å². The largest absolute Gasteiger partial charge is 0.481 e. The number of carbonyl (C=O) groups excluding carboxylic acids is 1. The highest BCUT2D eigenvalue weighted by Gasteiger charge is 2.28. The Kier molecular flexibility index (Phi) is 5.38. The van der Waals surface area contributed by atoms with Crippen LogP contribution < -0.4 is 0 Å². The van der Waals surface area contributed by atoms with E-state index >= 15 is 0 Å². The molecule has 2 atom stereocenters.